The fraction of sp³-hybridized carbons (Fsp3) is 0.611. The van der Waals surface area contributed by atoms with Crippen LogP contribution in [0.3, 0.4) is 0 Å². The number of aromatic nitrogens is 4. The van der Waals surface area contributed by atoms with Crippen molar-refractivity contribution < 1.29 is 4.79 Å². The maximum Gasteiger partial charge on any atom is 0.273 e. The molecular weight excluding hydrogens is 352 g/mol. The van der Waals surface area contributed by atoms with E-state index in [1.165, 1.54) is 17.6 Å². The highest BCUT2D eigenvalue weighted by atomic mass is 35.5. The summed E-state index contributed by atoms with van der Waals surface area (Å²) in [6.45, 7) is 5.73. The first kappa shape index (κ1) is 17.5. The van der Waals surface area contributed by atoms with Crippen molar-refractivity contribution in [3.05, 3.63) is 34.6 Å². The Labute approximate surface area is 158 Å². The largest absolute Gasteiger partial charge is 0.348 e. The van der Waals surface area contributed by atoms with Gasteiger partial charge in [0, 0.05) is 38.8 Å². The minimum absolute atomic E-state index is 0.0371. The number of hydrogen-bond acceptors (Lipinski definition) is 4. The summed E-state index contributed by atoms with van der Waals surface area (Å²) in [5, 5.41) is 4.50. The number of aromatic amines is 1. The third kappa shape index (κ3) is 2.65. The van der Waals surface area contributed by atoms with E-state index in [0.29, 0.717) is 23.8 Å². The topological polar surface area (TPSA) is 70.1 Å². The average molecular weight is 377 g/mol. The summed E-state index contributed by atoms with van der Waals surface area (Å²) in [7, 11) is 1.75. The van der Waals surface area contributed by atoms with Gasteiger partial charge in [-0.05, 0) is 25.8 Å². The van der Waals surface area contributed by atoms with E-state index in [1.54, 1.807) is 11.7 Å². The van der Waals surface area contributed by atoms with E-state index in [1.807, 2.05) is 11.2 Å². The van der Waals surface area contributed by atoms with Gasteiger partial charge in [0.05, 0.1) is 28.8 Å². The molecule has 4 rings (SSSR count). The number of nitrogens with one attached hydrogen (secondary N) is 1. The molecule has 0 radical (unpaired) electrons. The minimum atomic E-state index is -0.0589. The SMILES string of the molecule is CCCN1CCc2[nH]cnc2C12CCN(C(=O)c1c(Cl)cnn1C)CC2. The van der Waals surface area contributed by atoms with Crippen LogP contribution in [-0.2, 0) is 19.0 Å². The minimum Gasteiger partial charge on any atom is -0.348 e. The van der Waals surface area contributed by atoms with Crippen molar-refractivity contribution in [2.24, 2.45) is 7.05 Å². The molecule has 2 aromatic rings. The molecule has 0 atom stereocenters. The van der Waals surface area contributed by atoms with Crippen molar-refractivity contribution in [2.75, 3.05) is 26.2 Å². The molecule has 140 valence electrons. The van der Waals surface area contributed by atoms with E-state index in [9.17, 15) is 4.79 Å². The first-order chi connectivity index (χ1) is 12.6. The van der Waals surface area contributed by atoms with Gasteiger partial charge in [-0.2, -0.15) is 5.10 Å². The standard InChI is InChI=1S/C18H25ClN6O/c1-3-7-25-8-4-14-16(21-12-20-14)18(25)5-9-24(10-6-18)17(26)15-13(19)11-22-23(15)2/h11-12H,3-10H2,1-2H3,(H,20,21). The van der Waals surface area contributed by atoms with Gasteiger partial charge in [0.1, 0.15) is 5.69 Å². The van der Waals surface area contributed by atoms with Crippen LogP contribution in [0.4, 0.5) is 0 Å². The molecular formula is C18H25ClN6O. The fourth-order valence-electron chi connectivity index (χ4n) is 4.55. The van der Waals surface area contributed by atoms with Crippen molar-refractivity contribution in [3.63, 3.8) is 0 Å². The van der Waals surface area contributed by atoms with Crippen LogP contribution in [0.25, 0.3) is 0 Å². The third-order valence-corrected chi connectivity index (χ3v) is 6.14. The number of aryl methyl sites for hydroxylation is 1. The lowest BCUT2D eigenvalue weighted by Crippen LogP contribution is -2.57. The van der Waals surface area contributed by atoms with Crippen LogP contribution in [0.2, 0.25) is 5.02 Å². The van der Waals surface area contributed by atoms with Gasteiger partial charge >= 0.3 is 0 Å². The Morgan fingerprint density at radius 3 is 2.77 bits per heavy atom. The molecule has 0 aromatic carbocycles. The highest BCUT2D eigenvalue weighted by molar-refractivity contribution is 6.33. The summed E-state index contributed by atoms with van der Waals surface area (Å²) in [4.78, 5) is 25.4. The number of halogens is 1. The Hall–Kier alpha value is -1.86. The molecule has 1 spiro atoms. The van der Waals surface area contributed by atoms with E-state index in [0.717, 1.165) is 38.8 Å². The number of carbonyl (C=O) groups excluding carboxylic acids is 1. The van der Waals surface area contributed by atoms with Gasteiger partial charge in [0.25, 0.3) is 5.91 Å². The first-order valence-corrected chi connectivity index (χ1v) is 9.69. The molecule has 2 aliphatic rings. The summed E-state index contributed by atoms with van der Waals surface area (Å²) in [5.41, 5.74) is 2.85. The summed E-state index contributed by atoms with van der Waals surface area (Å²) >= 11 is 6.16. The Morgan fingerprint density at radius 1 is 1.35 bits per heavy atom. The van der Waals surface area contributed by atoms with Gasteiger partial charge in [0.2, 0.25) is 0 Å². The highest BCUT2D eigenvalue weighted by Crippen LogP contribution is 2.42. The second kappa shape index (κ2) is 6.70. The quantitative estimate of drug-likeness (QED) is 0.891. The van der Waals surface area contributed by atoms with Gasteiger partial charge in [-0.25, -0.2) is 4.98 Å². The Morgan fingerprint density at radius 2 is 2.12 bits per heavy atom. The van der Waals surface area contributed by atoms with Crippen LogP contribution < -0.4 is 0 Å². The highest BCUT2D eigenvalue weighted by Gasteiger charge is 2.47. The molecule has 0 saturated carbocycles. The molecule has 0 unspecified atom stereocenters. The van der Waals surface area contributed by atoms with Crippen molar-refractivity contribution in [3.8, 4) is 0 Å². The molecule has 1 saturated heterocycles. The number of hydrogen-bond donors (Lipinski definition) is 1. The number of likely N-dealkylation sites (tertiary alicyclic amines) is 1. The second-order valence-corrected chi connectivity index (χ2v) is 7.66. The molecule has 1 fully saturated rings. The summed E-state index contributed by atoms with van der Waals surface area (Å²) in [6, 6.07) is 0. The van der Waals surface area contributed by atoms with Crippen LogP contribution in [-0.4, -0.2) is 61.6 Å². The normalized spacial score (nSPS) is 19.7. The summed E-state index contributed by atoms with van der Waals surface area (Å²) < 4.78 is 1.56. The molecule has 0 bridgehead atoms. The first-order valence-electron chi connectivity index (χ1n) is 9.31. The van der Waals surface area contributed by atoms with E-state index in [2.05, 4.69) is 26.9 Å². The molecule has 1 N–H and O–H groups in total. The predicted molar refractivity (Wildman–Crippen MR) is 99.2 cm³/mol. The van der Waals surface area contributed by atoms with Crippen LogP contribution in [0, 0.1) is 0 Å². The third-order valence-electron chi connectivity index (χ3n) is 5.86. The predicted octanol–water partition coefficient (Wildman–Crippen LogP) is 2.20. The van der Waals surface area contributed by atoms with E-state index >= 15 is 0 Å². The van der Waals surface area contributed by atoms with Crippen molar-refractivity contribution in [1.29, 1.82) is 0 Å². The molecule has 4 heterocycles. The number of nitrogens with zero attached hydrogens (tertiary/aromatic N) is 5. The average Bonchev–Trinajstić information content (AvgIpc) is 3.25. The van der Waals surface area contributed by atoms with Crippen molar-refractivity contribution in [2.45, 2.75) is 38.1 Å². The molecule has 2 aromatic heterocycles. The fourth-order valence-corrected chi connectivity index (χ4v) is 4.80. The van der Waals surface area contributed by atoms with Crippen molar-refractivity contribution >= 4 is 17.5 Å². The van der Waals surface area contributed by atoms with Gasteiger partial charge in [-0.15, -0.1) is 0 Å². The monoisotopic (exact) mass is 376 g/mol. The van der Waals surface area contributed by atoms with E-state index in [4.69, 9.17) is 11.6 Å². The Balaban J connectivity index is 1.58. The second-order valence-electron chi connectivity index (χ2n) is 7.26. The van der Waals surface area contributed by atoms with Crippen molar-refractivity contribution in [1.82, 2.24) is 29.5 Å². The lowest BCUT2D eigenvalue weighted by atomic mass is 9.78. The summed E-state index contributed by atoms with van der Waals surface area (Å²) in [6.07, 6.45) is 7.27. The van der Waals surface area contributed by atoms with Crippen LogP contribution in [0.5, 0.6) is 0 Å². The number of carbonyl (C=O) groups is 1. The Bertz CT molecular complexity index is 785. The Kier molecular flexibility index (Phi) is 4.52. The van der Waals surface area contributed by atoms with Gasteiger partial charge in [0.15, 0.2) is 0 Å². The maximum absolute atomic E-state index is 12.9. The number of fused-ring (bicyclic) bond motifs is 2. The van der Waals surface area contributed by atoms with Gasteiger partial charge < -0.3 is 9.88 Å². The van der Waals surface area contributed by atoms with Gasteiger partial charge in [-0.3, -0.25) is 14.4 Å². The molecule has 8 heteroatoms. The van der Waals surface area contributed by atoms with E-state index in [-0.39, 0.29) is 11.4 Å². The number of H-pyrrole nitrogens is 1. The molecule has 7 nitrogen and oxygen atoms in total. The molecule has 26 heavy (non-hydrogen) atoms. The zero-order chi connectivity index (χ0) is 18.3. The molecule has 2 aliphatic heterocycles. The lowest BCUT2D eigenvalue weighted by Gasteiger charge is -2.50. The van der Waals surface area contributed by atoms with E-state index < -0.39 is 0 Å². The number of imidazole rings is 1. The van der Waals surface area contributed by atoms with Gasteiger partial charge in [-0.1, -0.05) is 18.5 Å². The van der Waals surface area contributed by atoms with Crippen LogP contribution >= 0.6 is 11.6 Å². The summed E-state index contributed by atoms with van der Waals surface area (Å²) in [5.74, 6) is -0.0371. The molecule has 1 amide bonds. The molecule has 0 aliphatic carbocycles. The zero-order valence-electron chi connectivity index (χ0n) is 15.3. The number of piperidine rings is 1. The zero-order valence-corrected chi connectivity index (χ0v) is 16.1. The van der Waals surface area contributed by atoms with Crippen LogP contribution in [0.15, 0.2) is 12.5 Å². The lowest BCUT2D eigenvalue weighted by molar-refractivity contribution is 0.00675. The number of rotatable bonds is 3. The smallest absolute Gasteiger partial charge is 0.273 e. The van der Waals surface area contributed by atoms with Crippen LogP contribution in [0.1, 0.15) is 48.1 Å². The number of amides is 1. The maximum atomic E-state index is 12.9.